The van der Waals surface area contributed by atoms with E-state index in [0.717, 1.165) is 25.1 Å². The Balaban J connectivity index is 1.85. The van der Waals surface area contributed by atoms with Crippen LogP contribution in [0.5, 0.6) is 0 Å². The molecule has 2 heterocycles. The van der Waals surface area contributed by atoms with Crippen LogP contribution in [-0.4, -0.2) is 47.1 Å². The van der Waals surface area contributed by atoms with Gasteiger partial charge in [-0.2, -0.15) is 0 Å². The summed E-state index contributed by atoms with van der Waals surface area (Å²) < 4.78 is 0. The van der Waals surface area contributed by atoms with Crippen LogP contribution in [0.15, 0.2) is 12.3 Å². The number of aromatic nitrogens is 1. The molecule has 0 aromatic carbocycles. The zero-order valence-corrected chi connectivity index (χ0v) is 11.4. The van der Waals surface area contributed by atoms with E-state index in [-0.39, 0.29) is 5.56 Å². The molecule has 1 saturated heterocycles. The number of carboxylic acid groups (broad SMARTS) is 1. The summed E-state index contributed by atoms with van der Waals surface area (Å²) in [6.45, 7) is 6.02. The van der Waals surface area contributed by atoms with E-state index in [1.165, 1.54) is 25.9 Å². The third-order valence-electron chi connectivity index (χ3n) is 3.52. The smallest absolute Gasteiger partial charge is 0.339 e. The number of pyridine rings is 1. The summed E-state index contributed by atoms with van der Waals surface area (Å²) in [5, 5.41) is 12.3. The van der Waals surface area contributed by atoms with Gasteiger partial charge < -0.3 is 15.3 Å². The lowest BCUT2D eigenvalue weighted by Gasteiger charge is -2.15. The van der Waals surface area contributed by atoms with E-state index in [2.05, 4.69) is 15.2 Å². The second-order valence-corrected chi connectivity index (χ2v) is 4.99. The largest absolute Gasteiger partial charge is 0.478 e. The molecule has 0 bridgehead atoms. The molecule has 1 fully saturated rings. The second-order valence-electron chi connectivity index (χ2n) is 4.99. The standard InChI is InChI=1S/C14H21N3O2/c1-11-5-7-16-13(12(11)14(18)19)15-6-4-10-17-8-2-3-9-17/h5,7H,2-4,6,8-10H2,1H3,(H,15,16)(H,18,19). The highest BCUT2D eigenvalue weighted by Crippen LogP contribution is 2.16. The molecule has 5 heteroatoms. The predicted molar refractivity (Wildman–Crippen MR) is 74.7 cm³/mol. The van der Waals surface area contributed by atoms with Crippen LogP contribution in [0.25, 0.3) is 0 Å². The summed E-state index contributed by atoms with van der Waals surface area (Å²) in [5.74, 6) is -0.443. The fourth-order valence-corrected chi connectivity index (χ4v) is 2.48. The van der Waals surface area contributed by atoms with Crippen LogP contribution in [-0.2, 0) is 0 Å². The summed E-state index contributed by atoms with van der Waals surface area (Å²) in [7, 11) is 0. The molecule has 0 radical (unpaired) electrons. The van der Waals surface area contributed by atoms with E-state index in [9.17, 15) is 9.90 Å². The van der Waals surface area contributed by atoms with Crippen LogP contribution < -0.4 is 5.32 Å². The predicted octanol–water partition coefficient (Wildman–Crippen LogP) is 1.99. The van der Waals surface area contributed by atoms with Gasteiger partial charge >= 0.3 is 5.97 Å². The van der Waals surface area contributed by atoms with Crippen molar-refractivity contribution in [1.29, 1.82) is 0 Å². The maximum Gasteiger partial charge on any atom is 0.339 e. The Morgan fingerprint density at radius 2 is 2.21 bits per heavy atom. The van der Waals surface area contributed by atoms with Gasteiger partial charge in [0.2, 0.25) is 0 Å². The molecule has 0 unspecified atom stereocenters. The molecular formula is C14H21N3O2. The average molecular weight is 263 g/mol. The highest BCUT2D eigenvalue weighted by atomic mass is 16.4. The molecule has 1 aromatic heterocycles. The first-order valence-corrected chi connectivity index (χ1v) is 6.83. The highest BCUT2D eigenvalue weighted by Gasteiger charge is 2.14. The Bertz CT molecular complexity index is 442. The summed E-state index contributed by atoms with van der Waals surface area (Å²) >= 11 is 0. The molecule has 1 aliphatic heterocycles. The minimum Gasteiger partial charge on any atom is -0.478 e. The molecule has 0 atom stereocenters. The van der Waals surface area contributed by atoms with E-state index in [1.54, 1.807) is 19.2 Å². The molecule has 1 aromatic rings. The van der Waals surface area contributed by atoms with Gasteiger partial charge in [-0.3, -0.25) is 0 Å². The Morgan fingerprint density at radius 1 is 1.47 bits per heavy atom. The van der Waals surface area contributed by atoms with Gasteiger partial charge in [0.25, 0.3) is 0 Å². The van der Waals surface area contributed by atoms with Crippen molar-refractivity contribution in [3.8, 4) is 0 Å². The van der Waals surface area contributed by atoms with Crippen molar-refractivity contribution in [3.05, 3.63) is 23.4 Å². The van der Waals surface area contributed by atoms with Crippen LogP contribution in [0.1, 0.15) is 35.2 Å². The molecule has 0 spiro atoms. The Labute approximate surface area is 113 Å². The molecule has 1 aliphatic rings. The number of nitrogens with zero attached hydrogens (tertiary/aromatic N) is 2. The van der Waals surface area contributed by atoms with E-state index in [1.807, 2.05) is 0 Å². The topological polar surface area (TPSA) is 65.5 Å². The number of carbonyl (C=O) groups is 1. The van der Waals surface area contributed by atoms with Gasteiger partial charge in [0.1, 0.15) is 11.4 Å². The van der Waals surface area contributed by atoms with Crippen LogP contribution in [0, 0.1) is 6.92 Å². The lowest BCUT2D eigenvalue weighted by Crippen LogP contribution is -2.22. The highest BCUT2D eigenvalue weighted by molar-refractivity contribution is 5.94. The fourth-order valence-electron chi connectivity index (χ4n) is 2.48. The van der Waals surface area contributed by atoms with E-state index in [0.29, 0.717) is 5.82 Å². The number of rotatable bonds is 6. The van der Waals surface area contributed by atoms with E-state index >= 15 is 0 Å². The third-order valence-corrected chi connectivity index (χ3v) is 3.52. The maximum absolute atomic E-state index is 11.2. The van der Waals surface area contributed by atoms with Crippen molar-refractivity contribution in [2.75, 3.05) is 31.5 Å². The van der Waals surface area contributed by atoms with E-state index < -0.39 is 5.97 Å². The van der Waals surface area contributed by atoms with Crippen LogP contribution >= 0.6 is 0 Å². The van der Waals surface area contributed by atoms with Gasteiger partial charge in [0, 0.05) is 12.7 Å². The SMILES string of the molecule is Cc1ccnc(NCCCN2CCCC2)c1C(=O)O. The number of aryl methyl sites for hydroxylation is 1. The molecule has 0 saturated carbocycles. The number of nitrogens with one attached hydrogen (secondary N) is 1. The maximum atomic E-state index is 11.2. The summed E-state index contributed by atoms with van der Waals surface area (Å²) in [4.78, 5) is 17.8. The second kappa shape index (κ2) is 6.52. The monoisotopic (exact) mass is 263 g/mol. The molecule has 19 heavy (non-hydrogen) atoms. The van der Waals surface area contributed by atoms with Crippen molar-refractivity contribution < 1.29 is 9.90 Å². The van der Waals surface area contributed by atoms with Crippen molar-refractivity contribution in [3.63, 3.8) is 0 Å². The third kappa shape index (κ3) is 3.67. The number of hydrogen-bond donors (Lipinski definition) is 2. The zero-order chi connectivity index (χ0) is 13.7. The minimum absolute atomic E-state index is 0.281. The summed E-state index contributed by atoms with van der Waals surface area (Å²) in [5.41, 5.74) is 1.02. The number of anilines is 1. The van der Waals surface area contributed by atoms with Gasteiger partial charge in [-0.15, -0.1) is 0 Å². The lowest BCUT2D eigenvalue weighted by atomic mass is 10.1. The molecule has 2 rings (SSSR count). The summed E-state index contributed by atoms with van der Waals surface area (Å²) in [6.07, 6.45) is 5.26. The number of carboxylic acids is 1. The number of hydrogen-bond acceptors (Lipinski definition) is 4. The Morgan fingerprint density at radius 3 is 2.89 bits per heavy atom. The van der Waals surface area contributed by atoms with Crippen LogP contribution in [0.2, 0.25) is 0 Å². The molecule has 0 aliphatic carbocycles. The van der Waals surface area contributed by atoms with Crippen molar-refractivity contribution in [1.82, 2.24) is 9.88 Å². The normalized spacial score (nSPS) is 15.6. The number of likely N-dealkylation sites (tertiary alicyclic amines) is 1. The Hall–Kier alpha value is -1.62. The molecular weight excluding hydrogens is 242 g/mol. The fraction of sp³-hybridized carbons (Fsp3) is 0.571. The minimum atomic E-state index is -0.923. The first kappa shape index (κ1) is 13.8. The van der Waals surface area contributed by atoms with Crippen molar-refractivity contribution >= 4 is 11.8 Å². The molecule has 2 N–H and O–H groups in total. The first-order chi connectivity index (χ1) is 9.18. The van der Waals surface area contributed by atoms with Gasteiger partial charge in [-0.05, 0) is 57.5 Å². The zero-order valence-electron chi connectivity index (χ0n) is 11.4. The quantitative estimate of drug-likeness (QED) is 0.768. The van der Waals surface area contributed by atoms with E-state index in [4.69, 9.17) is 0 Å². The Kier molecular flexibility index (Phi) is 4.74. The molecule has 5 nitrogen and oxygen atoms in total. The van der Waals surface area contributed by atoms with Crippen LogP contribution in [0.3, 0.4) is 0 Å². The van der Waals surface area contributed by atoms with Gasteiger partial charge in [-0.1, -0.05) is 0 Å². The summed E-state index contributed by atoms with van der Waals surface area (Å²) in [6, 6.07) is 1.72. The first-order valence-electron chi connectivity index (χ1n) is 6.83. The van der Waals surface area contributed by atoms with Crippen molar-refractivity contribution in [2.24, 2.45) is 0 Å². The van der Waals surface area contributed by atoms with Crippen molar-refractivity contribution in [2.45, 2.75) is 26.2 Å². The average Bonchev–Trinajstić information content (AvgIpc) is 2.87. The van der Waals surface area contributed by atoms with Gasteiger partial charge in [-0.25, -0.2) is 9.78 Å². The van der Waals surface area contributed by atoms with Gasteiger partial charge in [0.05, 0.1) is 0 Å². The molecule has 104 valence electrons. The lowest BCUT2D eigenvalue weighted by molar-refractivity contribution is 0.0697. The number of aromatic carboxylic acids is 1. The van der Waals surface area contributed by atoms with Gasteiger partial charge in [0.15, 0.2) is 0 Å². The van der Waals surface area contributed by atoms with Crippen LogP contribution in [0.4, 0.5) is 5.82 Å². The molecule has 0 amide bonds.